The summed E-state index contributed by atoms with van der Waals surface area (Å²) in [4.78, 5) is 18.6. The molecule has 5 nitrogen and oxygen atoms in total. The van der Waals surface area contributed by atoms with E-state index in [4.69, 9.17) is 5.11 Å². The molecule has 3 rings (SSSR count). The minimum atomic E-state index is -0.00935. The van der Waals surface area contributed by atoms with E-state index in [9.17, 15) is 4.79 Å². The molecule has 0 radical (unpaired) electrons. The molecule has 0 saturated carbocycles. The van der Waals surface area contributed by atoms with Crippen molar-refractivity contribution in [3.63, 3.8) is 0 Å². The van der Waals surface area contributed by atoms with Gasteiger partial charge in [-0.25, -0.2) is 9.78 Å². The first-order valence-corrected chi connectivity index (χ1v) is 9.27. The third-order valence-corrected chi connectivity index (χ3v) is 5.33. The predicted molar refractivity (Wildman–Crippen MR) is 96.0 cm³/mol. The number of likely N-dealkylation sites (tertiary alicyclic amines) is 1. The zero-order valence-corrected chi connectivity index (χ0v) is 14.5. The third-order valence-electron chi connectivity index (χ3n) is 4.39. The molecular weight excluding hydrogens is 322 g/mol. The molecule has 1 aliphatic rings. The SMILES string of the molecule is O=C(NCCc1csc(-c2ccccc2)n1)N1CCC(CO)CC1. The topological polar surface area (TPSA) is 65.5 Å². The zero-order valence-electron chi connectivity index (χ0n) is 13.6. The molecule has 128 valence electrons. The molecule has 1 saturated heterocycles. The van der Waals surface area contributed by atoms with Gasteiger partial charge in [0, 0.05) is 43.6 Å². The molecular formula is C18H23N3O2S. The van der Waals surface area contributed by atoms with Crippen molar-refractivity contribution in [1.82, 2.24) is 15.2 Å². The number of carbonyl (C=O) groups is 1. The number of nitrogens with one attached hydrogen (secondary N) is 1. The summed E-state index contributed by atoms with van der Waals surface area (Å²) in [5.41, 5.74) is 2.14. The summed E-state index contributed by atoms with van der Waals surface area (Å²) in [6.45, 7) is 2.28. The van der Waals surface area contributed by atoms with Crippen molar-refractivity contribution in [3.8, 4) is 10.6 Å². The van der Waals surface area contributed by atoms with Crippen molar-refractivity contribution >= 4 is 17.4 Å². The van der Waals surface area contributed by atoms with Gasteiger partial charge in [-0.3, -0.25) is 0 Å². The number of aliphatic hydroxyl groups excluding tert-OH is 1. The Labute approximate surface area is 146 Å². The summed E-state index contributed by atoms with van der Waals surface area (Å²) in [7, 11) is 0. The maximum absolute atomic E-state index is 12.1. The monoisotopic (exact) mass is 345 g/mol. The van der Waals surface area contributed by atoms with Gasteiger partial charge in [0.15, 0.2) is 0 Å². The molecule has 0 unspecified atom stereocenters. The molecule has 0 spiro atoms. The van der Waals surface area contributed by atoms with Crippen LogP contribution >= 0.6 is 11.3 Å². The van der Waals surface area contributed by atoms with E-state index < -0.39 is 0 Å². The summed E-state index contributed by atoms with van der Waals surface area (Å²) in [5.74, 6) is 0.348. The Morgan fingerprint density at radius 2 is 2.04 bits per heavy atom. The molecule has 1 aromatic heterocycles. The number of aliphatic hydroxyl groups is 1. The largest absolute Gasteiger partial charge is 0.396 e. The summed E-state index contributed by atoms with van der Waals surface area (Å²) in [6, 6.07) is 10.1. The minimum Gasteiger partial charge on any atom is -0.396 e. The van der Waals surface area contributed by atoms with Gasteiger partial charge >= 0.3 is 6.03 Å². The summed E-state index contributed by atoms with van der Waals surface area (Å²) < 4.78 is 0. The van der Waals surface area contributed by atoms with Crippen LogP contribution in [0.25, 0.3) is 10.6 Å². The fraction of sp³-hybridized carbons (Fsp3) is 0.444. The number of piperidine rings is 1. The summed E-state index contributed by atoms with van der Waals surface area (Å²) in [6.07, 6.45) is 2.51. The Morgan fingerprint density at radius 1 is 1.29 bits per heavy atom. The number of benzene rings is 1. The molecule has 1 aromatic carbocycles. The van der Waals surface area contributed by atoms with Gasteiger partial charge in [0.1, 0.15) is 5.01 Å². The number of rotatable bonds is 5. The van der Waals surface area contributed by atoms with Crippen molar-refractivity contribution in [3.05, 3.63) is 41.4 Å². The number of nitrogens with zero attached hydrogens (tertiary/aromatic N) is 2. The minimum absolute atomic E-state index is 0.00935. The van der Waals surface area contributed by atoms with E-state index in [1.165, 1.54) is 0 Å². The van der Waals surface area contributed by atoms with Gasteiger partial charge < -0.3 is 15.3 Å². The second kappa shape index (κ2) is 8.26. The van der Waals surface area contributed by atoms with Crippen molar-refractivity contribution in [2.45, 2.75) is 19.3 Å². The Balaban J connectivity index is 1.44. The van der Waals surface area contributed by atoms with E-state index in [1.54, 1.807) is 11.3 Å². The lowest BCUT2D eigenvalue weighted by atomic mass is 9.98. The standard InChI is InChI=1S/C18H23N3O2S/c22-12-14-7-10-21(11-8-14)18(23)19-9-6-16-13-24-17(20-16)15-4-2-1-3-5-15/h1-5,13-14,22H,6-12H2,(H,19,23). The van der Waals surface area contributed by atoms with Crippen LogP contribution in [0, 0.1) is 5.92 Å². The highest BCUT2D eigenvalue weighted by molar-refractivity contribution is 7.13. The smallest absolute Gasteiger partial charge is 0.317 e. The molecule has 1 aliphatic heterocycles. The van der Waals surface area contributed by atoms with Crippen molar-refractivity contribution in [2.24, 2.45) is 5.92 Å². The normalized spacial score (nSPS) is 15.5. The predicted octanol–water partition coefficient (Wildman–Crippen LogP) is 2.77. The molecule has 1 fully saturated rings. The first kappa shape index (κ1) is 16.9. The maximum atomic E-state index is 12.1. The average molecular weight is 345 g/mol. The molecule has 2 aromatic rings. The van der Waals surface area contributed by atoms with Crippen molar-refractivity contribution in [2.75, 3.05) is 26.2 Å². The first-order valence-electron chi connectivity index (χ1n) is 8.39. The number of hydrogen-bond donors (Lipinski definition) is 2. The zero-order chi connectivity index (χ0) is 16.8. The fourth-order valence-corrected chi connectivity index (χ4v) is 3.72. The van der Waals surface area contributed by atoms with E-state index in [-0.39, 0.29) is 12.6 Å². The van der Waals surface area contributed by atoms with Gasteiger partial charge in [0.25, 0.3) is 0 Å². The highest BCUT2D eigenvalue weighted by Crippen LogP contribution is 2.23. The molecule has 0 atom stereocenters. The molecule has 6 heteroatoms. The van der Waals surface area contributed by atoms with Gasteiger partial charge in [-0.05, 0) is 18.8 Å². The lowest BCUT2D eigenvalue weighted by Crippen LogP contribution is -2.45. The summed E-state index contributed by atoms with van der Waals surface area (Å²) in [5, 5.41) is 15.2. The van der Waals surface area contributed by atoms with Crippen LogP contribution in [0.15, 0.2) is 35.7 Å². The Kier molecular flexibility index (Phi) is 5.82. The van der Waals surface area contributed by atoms with E-state index in [2.05, 4.69) is 27.8 Å². The first-order chi connectivity index (χ1) is 11.8. The molecule has 2 heterocycles. The van der Waals surface area contributed by atoms with Crippen molar-refractivity contribution < 1.29 is 9.90 Å². The maximum Gasteiger partial charge on any atom is 0.317 e. The number of amides is 2. The van der Waals surface area contributed by atoms with Crippen LogP contribution in [0.4, 0.5) is 4.79 Å². The Morgan fingerprint density at radius 3 is 2.75 bits per heavy atom. The van der Waals surface area contributed by atoms with Crippen LogP contribution in [-0.2, 0) is 6.42 Å². The lowest BCUT2D eigenvalue weighted by Gasteiger charge is -2.31. The number of thiazole rings is 1. The van der Waals surface area contributed by atoms with Crippen molar-refractivity contribution in [1.29, 1.82) is 0 Å². The number of hydrogen-bond acceptors (Lipinski definition) is 4. The highest BCUT2D eigenvalue weighted by atomic mass is 32.1. The van der Waals surface area contributed by atoms with Crippen LogP contribution in [-0.4, -0.2) is 47.3 Å². The molecule has 2 amide bonds. The van der Waals surface area contributed by atoms with Gasteiger partial charge in [-0.1, -0.05) is 30.3 Å². The number of carbonyl (C=O) groups excluding carboxylic acids is 1. The van der Waals surface area contributed by atoms with Gasteiger partial charge in [0.05, 0.1) is 5.69 Å². The van der Waals surface area contributed by atoms with Crippen LogP contribution in [0.1, 0.15) is 18.5 Å². The molecule has 0 bridgehead atoms. The van der Waals surface area contributed by atoms with Gasteiger partial charge in [-0.15, -0.1) is 11.3 Å². The number of aromatic nitrogens is 1. The van der Waals surface area contributed by atoms with E-state index >= 15 is 0 Å². The quantitative estimate of drug-likeness (QED) is 0.876. The van der Waals surface area contributed by atoms with Crippen LogP contribution in [0.5, 0.6) is 0 Å². The second-order valence-electron chi connectivity index (χ2n) is 6.10. The van der Waals surface area contributed by atoms with Gasteiger partial charge in [0.2, 0.25) is 0 Å². The van der Waals surface area contributed by atoms with E-state index in [1.807, 2.05) is 23.1 Å². The van der Waals surface area contributed by atoms with Gasteiger partial charge in [-0.2, -0.15) is 0 Å². The highest BCUT2D eigenvalue weighted by Gasteiger charge is 2.21. The molecule has 24 heavy (non-hydrogen) atoms. The average Bonchev–Trinajstić information content (AvgIpc) is 3.11. The lowest BCUT2D eigenvalue weighted by molar-refractivity contribution is 0.137. The third kappa shape index (κ3) is 4.33. The van der Waals surface area contributed by atoms with Crippen LogP contribution in [0.3, 0.4) is 0 Å². The Bertz CT molecular complexity index is 651. The van der Waals surface area contributed by atoms with Crippen LogP contribution < -0.4 is 5.32 Å². The molecule has 0 aliphatic carbocycles. The number of urea groups is 1. The summed E-state index contributed by atoms with van der Waals surface area (Å²) >= 11 is 1.63. The van der Waals surface area contributed by atoms with Crippen LogP contribution in [0.2, 0.25) is 0 Å². The molecule has 2 N–H and O–H groups in total. The Hall–Kier alpha value is -1.92. The fourth-order valence-electron chi connectivity index (χ4n) is 2.86. The second-order valence-corrected chi connectivity index (χ2v) is 6.96. The van der Waals surface area contributed by atoms with E-state index in [0.717, 1.165) is 48.6 Å². The van der Waals surface area contributed by atoms with E-state index in [0.29, 0.717) is 12.5 Å².